The molecule has 0 unspecified atom stereocenters. The van der Waals surface area contributed by atoms with Crippen LogP contribution in [0, 0.1) is 0 Å². The summed E-state index contributed by atoms with van der Waals surface area (Å²) < 4.78 is 5.55. The summed E-state index contributed by atoms with van der Waals surface area (Å²) in [5, 5.41) is 2.76. The van der Waals surface area contributed by atoms with Gasteiger partial charge in [0, 0.05) is 42.3 Å². The monoisotopic (exact) mass is 397 g/mol. The molecule has 0 aromatic heterocycles. The molecule has 0 atom stereocenters. The highest BCUT2D eigenvalue weighted by molar-refractivity contribution is 14.1. The summed E-state index contributed by atoms with van der Waals surface area (Å²) in [6.45, 7) is 4.62. The van der Waals surface area contributed by atoms with Gasteiger partial charge >= 0.3 is 0 Å². The Kier molecular flexibility index (Phi) is 17.3. The second-order valence-corrected chi connectivity index (χ2v) is 6.33. The zero-order chi connectivity index (χ0) is 14.9. The molecule has 0 aliphatic heterocycles. The summed E-state index contributed by atoms with van der Waals surface area (Å²) >= 11 is 1.75. The first-order chi connectivity index (χ1) is 9.77. The topological polar surface area (TPSA) is 38.3 Å². The molecule has 20 heavy (non-hydrogen) atoms. The van der Waals surface area contributed by atoms with Gasteiger partial charge in [-0.25, -0.2) is 0 Å². The third-order valence-electron chi connectivity index (χ3n) is 3.37. The maximum atomic E-state index is 10.6. The summed E-state index contributed by atoms with van der Waals surface area (Å²) in [4.78, 5) is 10.6. The fourth-order valence-corrected chi connectivity index (χ4v) is 2.42. The Bertz CT molecular complexity index is 213. The molecule has 0 saturated heterocycles. The van der Waals surface area contributed by atoms with Crippen LogP contribution in [0.3, 0.4) is 0 Å². The predicted octanol–water partition coefficient (Wildman–Crippen LogP) is 5.46. The molecular formula is C16H32INO2. The van der Waals surface area contributed by atoms with E-state index in [2.05, 4.69) is 12.2 Å². The largest absolute Gasteiger partial charge is 0.381 e. The van der Waals surface area contributed by atoms with Gasteiger partial charge in [-0.3, -0.25) is 4.79 Å². The van der Waals surface area contributed by atoms with Crippen LogP contribution in [-0.4, -0.2) is 23.7 Å². The fraction of sp³-hybridized carbons (Fsp3) is 0.938. The summed E-state index contributed by atoms with van der Waals surface area (Å²) in [6, 6.07) is 0. The van der Waals surface area contributed by atoms with Gasteiger partial charge in [-0.2, -0.15) is 0 Å². The molecule has 1 N–H and O–H groups in total. The SMILES string of the molecule is CCCCCCCCCCCCOCCCNC(=O)I. The van der Waals surface area contributed by atoms with Gasteiger partial charge in [0.15, 0.2) is 0 Å². The summed E-state index contributed by atoms with van der Waals surface area (Å²) in [5.74, 6) is 0. The van der Waals surface area contributed by atoms with Crippen molar-refractivity contribution in [3.05, 3.63) is 0 Å². The van der Waals surface area contributed by atoms with E-state index >= 15 is 0 Å². The van der Waals surface area contributed by atoms with Gasteiger partial charge in [-0.1, -0.05) is 64.7 Å². The second-order valence-electron chi connectivity index (χ2n) is 5.35. The van der Waals surface area contributed by atoms with E-state index in [4.69, 9.17) is 4.74 Å². The van der Waals surface area contributed by atoms with Crippen LogP contribution in [0.2, 0.25) is 0 Å². The highest BCUT2D eigenvalue weighted by atomic mass is 127. The lowest BCUT2D eigenvalue weighted by Gasteiger charge is -2.05. The molecule has 0 aromatic carbocycles. The Morgan fingerprint density at radius 1 is 0.850 bits per heavy atom. The second kappa shape index (κ2) is 17.2. The standard InChI is InChI=1S/C16H32INO2/c1-2-3-4-5-6-7-8-9-10-11-14-20-15-12-13-18-16(17)19/h2-15H2,1H3,(H,18,19). The van der Waals surface area contributed by atoms with Crippen LogP contribution >= 0.6 is 22.6 Å². The minimum atomic E-state index is 0.0114. The molecule has 4 heteroatoms. The minimum absolute atomic E-state index is 0.0114. The molecule has 0 aliphatic carbocycles. The van der Waals surface area contributed by atoms with Crippen LogP contribution in [0.1, 0.15) is 77.6 Å². The zero-order valence-corrected chi connectivity index (χ0v) is 15.3. The van der Waals surface area contributed by atoms with Gasteiger partial charge in [-0.05, 0) is 12.8 Å². The minimum Gasteiger partial charge on any atom is -0.381 e. The maximum absolute atomic E-state index is 10.6. The molecule has 0 radical (unpaired) electrons. The molecule has 0 aliphatic rings. The Morgan fingerprint density at radius 2 is 1.35 bits per heavy atom. The van der Waals surface area contributed by atoms with Crippen molar-refractivity contribution in [1.82, 2.24) is 5.32 Å². The molecule has 3 nitrogen and oxygen atoms in total. The van der Waals surface area contributed by atoms with Crippen LogP contribution in [-0.2, 0) is 4.74 Å². The van der Waals surface area contributed by atoms with Crippen LogP contribution in [0.5, 0.6) is 0 Å². The Morgan fingerprint density at radius 3 is 1.90 bits per heavy atom. The number of halogens is 1. The number of rotatable bonds is 15. The van der Waals surface area contributed by atoms with Crippen LogP contribution < -0.4 is 5.32 Å². The highest BCUT2D eigenvalue weighted by Gasteiger charge is 1.94. The zero-order valence-electron chi connectivity index (χ0n) is 13.1. The number of hydrogen-bond donors (Lipinski definition) is 1. The number of ether oxygens (including phenoxy) is 1. The quantitative estimate of drug-likeness (QED) is 0.173. The molecule has 0 saturated carbocycles. The molecule has 0 fully saturated rings. The molecular weight excluding hydrogens is 365 g/mol. The van der Waals surface area contributed by atoms with Crippen molar-refractivity contribution in [1.29, 1.82) is 0 Å². The smallest absolute Gasteiger partial charge is 0.280 e. The van der Waals surface area contributed by atoms with Gasteiger partial charge in [0.2, 0.25) is 0 Å². The number of unbranched alkanes of at least 4 members (excludes halogenated alkanes) is 9. The Hall–Kier alpha value is 0.160. The summed E-state index contributed by atoms with van der Waals surface area (Å²) in [5.41, 5.74) is 0. The van der Waals surface area contributed by atoms with Gasteiger partial charge in [-0.15, -0.1) is 0 Å². The first kappa shape index (κ1) is 20.2. The normalized spacial score (nSPS) is 10.7. The lowest BCUT2D eigenvalue weighted by atomic mass is 10.1. The van der Waals surface area contributed by atoms with E-state index in [9.17, 15) is 4.79 Å². The predicted molar refractivity (Wildman–Crippen MR) is 94.7 cm³/mol. The van der Waals surface area contributed by atoms with Crippen LogP contribution in [0.25, 0.3) is 0 Å². The lowest BCUT2D eigenvalue weighted by Crippen LogP contribution is -2.18. The van der Waals surface area contributed by atoms with E-state index in [-0.39, 0.29) is 3.91 Å². The van der Waals surface area contributed by atoms with E-state index < -0.39 is 0 Å². The van der Waals surface area contributed by atoms with Gasteiger partial charge < -0.3 is 10.1 Å². The van der Waals surface area contributed by atoms with Crippen molar-refractivity contribution in [3.63, 3.8) is 0 Å². The number of amides is 1. The van der Waals surface area contributed by atoms with E-state index in [1.165, 1.54) is 64.2 Å². The maximum Gasteiger partial charge on any atom is 0.280 e. The number of nitrogens with one attached hydrogen (secondary N) is 1. The fourth-order valence-electron chi connectivity index (χ4n) is 2.15. The molecule has 120 valence electrons. The first-order valence-electron chi connectivity index (χ1n) is 8.28. The van der Waals surface area contributed by atoms with E-state index in [0.29, 0.717) is 0 Å². The average Bonchev–Trinajstić information content (AvgIpc) is 2.43. The molecule has 0 rings (SSSR count). The Labute approximate surface area is 138 Å². The van der Waals surface area contributed by atoms with Crippen molar-refractivity contribution in [2.45, 2.75) is 77.6 Å². The van der Waals surface area contributed by atoms with Gasteiger partial charge in [0.05, 0.1) is 0 Å². The van der Waals surface area contributed by atoms with Crippen molar-refractivity contribution < 1.29 is 9.53 Å². The average molecular weight is 397 g/mol. The Balaban J connectivity index is 2.94. The molecule has 0 bridgehead atoms. The lowest BCUT2D eigenvalue weighted by molar-refractivity contribution is 0.128. The van der Waals surface area contributed by atoms with E-state index in [0.717, 1.165) is 26.2 Å². The van der Waals surface area contributed by atoms with Crippen LogP contribution in [0.4, 0.5) is 4.79 Å². The first-order valence-corrected chi connectivity index (χ1v) is 9.36. The number of hydrogen-bond acceptors (Lipinski definition) is 2. The van der Waals surface area contributed by atoms with Crippen LogP contribution in [0.15, 0.2) is 0 Å². The third-order valence-corrected chi connectivity index (χ3v) is 3.75. The summed E-state index contributed by atoms with van der Waals surface area (Å²) in [6.07, 6.45) is 14.5. The van der Waals surface area contributed by atoms with Crippen molar-refractivity contribution in [2.75, 3.05) is 19.8 Å². The molecule has 0 spiro atoms. The van der Waals surface area contributed by atoms with Crippen molar-refractivity contribution in [3.8, 4) is 0 Å². The van der Waals surface area contributed by atoms with Crippen molar-refractivity contribution >= 4 is 26.5 Å². The highest BCUT2D eigenvalue weighted by Crippen LogP contribution is 2.10. The molecule has 0 aromatic rings. The number of carbonyl (C=O) groups excluding carboxylic acids is 1. The summed E-state index contributed by atoms with van der Waals surface area (Å²) in [7, 11) is 0. The molecule has 0 heterocycles. The molecule has 1 amide bonds. The number of carbonyl (C=O) groups is 1. The third kappa shape index (κ3) is 18.2. The van der Waals surface area contributed by atoms with E-state index in [1.54, 1.807) is 22.6 Å². The van der Waals surface area contributed by atoms with Gasteiger partial charge in [0.1, 0.15) is 0 Å². The van der Waals surface area contributed by atoms with Gasteiger partial charge in [0.25, 0.3) is 3.91 Å². The van der Waals surface area contributed by atoms with E-state index in [1.807, 2.05) is 0 Å². The van der Waals surface area contributed by atoms with Crippen molar-refractivity contribution in [2.24, 2.45) is 0 Å².